The first-order valence-electron chi connectivity index (χ1n) is 8.64. The Morgan fingerprint density at radius 2 is 2.00 bits per heavy atom. The first-order chi connectivity index (χ1) is 12.3. The lowest BCUT2D eigenvalue weighted by Gasteiger charge is -2.21. The molecule has 6 nitrogen and oxygen atoms in total. The van der Waals surface area contributed by atoms with Crippen LogP contribution in [-0.2, 0) is 6.54 Å². The smallest absolute Gasteiger partial charge is 0.194 e. The van der Waals surface area contributed by atoms with E-state index >= 15 is 0 Å². The van der Waals surface area contributed by atoms with Crippen molar-refractivity contribution >= 4 is 11.6 Å². The summed E-state index contributed by atoms with van der Waals surface area (Å²) in [5.41, 5.74) is 2.27. The SMILES string of the molecule is CN=C(NCc1nnc2ccccn12)N1CCC(c2ccccc2)C1. The summed E-state index contributed by atoms with van der Waals surface area (Å²) in [5.74, 6) is 2.37. The lowest BCUT2D eigenvalue weighted by atomic mass is 9.99. The van der Waals surface area contributed by atoms with E-state index in [0.717, 1.165) is 36.9 Å². The Hall–Kier alpha value is -2.89. The van der Waals surface area contributed by atoms with Crippen molar-refractivity contribution in [3.05, 3.63) is 66.1 Å². The minimum Gasteiger partial charge on any atom is -0.349 e. The average molecular weight is 334 g/mol. The molecule has 6 heteroatoms. The highest BCUT2D eigenvalue weighted by molar-refractivity contribution is 5.80. The van der Waals surface area contributed by atoms with Gasteiger partial charge in [0, 0.05) is 32.3 Å². The maximum absolute atomic E-state index is 4.45. The van der Waals surface area contributed by atoms with Crippen LogP contribution in [0, 0.1) is 0 Å². The van der Waals surface area contributed by atoms with E-state index in [2.05, 4.69) is 55.7 Å². The number of nitrogens with zero attached hydrogens (tertiary/aromatic N) is 5. The molecule has 1 N–H and O–H groups in total. The van der Waals surface area contributed by atoms with Crippen LogP contribution in [0.5, 0.6) is 0 Å². The molecule has 0 spiro atoms. The van der Waals surface area contributed by atoms with Crippen molar-refractivity contribution < 1.29 is 0 Å². The van der Waals surface area contributed by atoms with Crippen molar-refractivity contribution in [3.63, 3.8) is 0 Å². The molecule has 4 rings (SSSR count). The van der Waals surface area contributed by atoms with Gasteiger partial charge in [0.1, 0.15) is 0 Å². The Labute approximate surface area is 147 Å². The summed E-state index contributed by atoms with van der Waals surface area (Å²) in [5, 5.41) is 11.9. The fourth-order valence-corrected chi connectivity index (χ4v) is 3.45. The number of aromatic nitrogens is 3. The van der Waals surface area contributed by atoms with Gasteiger partial charge < -0.3 is 10.2 Å². The lowest BCUT2D eigenvalue weighted by Crippen LogP contribution is -2.39. The van der Waals surface area contributed by atoms with Gasteiger partial charge in [-0.1, -0.05) is 36.4 Å². The fourth-order valence-electron chi connectivity index (χ4n) is 3.45. The highest BCUT2D eigenvalue weighted by Crippen LogP contribution is 2.26. The molecule has 0 radical (unpaired) electrons. The van der Waals surface area contributed by atoms with E-state index in [0.29, 0.717) is 12.5 Å². The van der Waals surface area contributed by atoms with Crippen molar-refractivity contribution in [2.24, 2.45) is 4.99 Å². The zero-order valence-electron chi connectivity index (χ0n) is 14.3. The summed E-state index contributed by atoms with van der Waals surface area (Å²) in [7, 11) is 1.83. The van der Waals surface area contributed by atoms with Gasteiger partial charge >= 0.3 is 0 Å². The van der Waals surface area contributed by atoms with Crippen molar-refractivity contribution in [1.82, 2.24) is 24.8 Å². The summed E-state index contributed by atoms with van der Waals surface area (Å²) >= 11 is 0. The van der Waals surface area contributed by atoms with Crippen molar-refractivity contribution in [2.45, 2.75) is 18.9 Å². The van der Waals surface area contributed by atoms with Gasteiger partial charge in [-0.3, -0.25) is 9.39 Å². The molecule has 2 aromatic heterocycles. The standard InChI is InChI=1S/C19H22N6/c1-20-19(21-13-18-23-22-17-9-5-6-11-25(17)18)24-12-10-16(14-24)15-7-3-2-4-8-15/h2-9,11,16H,10,12-14H2,1H3,(H,20,21). The predicted molar refractivity (Wildman–Crippen MR) is 98.6 cm³/mol. The van der Waals surface area contributed by atoms with E-state index in [1.807, 2.05) is 35.8 Å². The number of pyridine rings is 1. The number of nitrogens with one attached hydrogen (secondary N) is 1. The molecule has 0 saturated carbocycles. The van der Waals surface area contributed by atoms with Crippen LogP contribution in [0.15, 0.2) is 59.7 Å². The normalized spacial score (nSPS) is 18.0. The van der Waals surface area contributed by atoms with E-state index < -0.39 is 0 Å². The monoisotopic (exact) mass is 334 g/mol. The summed E-state index contributed by atoms with van der Waals surface area (Å²) in [4.78, 5) is 6.77. The van der Waals surface area contributed by atoms with Crippen LogP contribution in [0.1, 0.15) is 23.7 Å². The van der Waals surface area contributed by atoms with Gasteiger partial charge in [0.2, 0.25) is 0 Å². The maximum atomic E-state index is 4.45. The number of rotatable bonds is 3. The molecule has 1 unspecified atom stereocenters. The van der Waals surface area contributed by atoms with Crippen molar-refractivity contribution in [3.8, 4) is 0 Å². The number of guanidine groups is 1. The van der Waals surface area contributed by atoms with Gasteiger partial charge in [0.25, 0.3) is 0 Å². The van der Waals surface area contributed by atoms with Crippen LogP contribution < -0.4 is 5.32 Å². The van der Waals surface area contributed by atoms with Gasteiger partial charge in [-0.05, 0) is 24.1 Å². The third-order valence-electron chi connectivity index (χ3n) is 4.76. The van der Waals surface area contributed by atoms with Gasteiger partial charge in [-0.2, -0.15) is 0 Å². The van der Waals surface area contributed by atoms with Crippen molar-refractivity contribution in [2.75, 3.05) is 20.1 Å². The second kappa shape index (κ2) is 6.93. The number of hydrogen-bond acceptors (Lipinski definition) is 3. The van der Waals surface area contributed by atoms with Crippen molar-refractivity contribution in [1.29, 1.82) is 0 Å². The molecule has 0 aliphatic carbocycles. The van der Waals surface area contributed by atoms with Crippen LogP contribution in [-0.4, -0.2) is 45.6 Å². The Balaban J connectivity index is 1.42. The zero-order chi connectivity index (χ0) is 17.1. The molecule has 128 valence electrons. The van der Waals surface area contributed by atoms with E-state index in [1.165, 1.54) is 5.56 Å². The first kappa shape index (κ1) is 15.6. The number of fused-ring (bicyclic) bond motifs is 1. The topological polar surface area (TPSA) is 57.8 Å². The number of likely N-dealkylation sites (tertiary alicyclic amines) is 1. The second-order valence-corrected chi connectivity index (χ2v) is 6.29. The minimum atomic E-state index is 0.564. The Morgan fingerprint density at radius 1 is 1.16 bits per heavy atom. The third-order valence-corrected chi connectivity index (χ3v) is 4.76. The molecule has 3 heterocycles. The van der Waals surface area contributed by atoms with E-state index in [1.54, 1.807) is 0 Å². The van der Waals surface area contributed by atoms with Crippen LogP contribution in [0.4, 0.5) is 0 Å². The molecule has 1 aliphatic rings. The number of hydrogen-bond donors (Lipinski definition) is 1. The molecule has 0 bridgehead atoms. The largest absolute Gasteiger partial charge is 0.349 e. The second-order valence-electron chi connectivity index (χ2n) is 6.29. The molecule has 1 fully saturated rings. The fraction of sp³-hybridized carbons (Fsp3) is 0.316. The van der Waals surface area contributed by atoms with Gasteiger partial charge in [0.05, 0.1) is 6.54 Å². The number of aliphatic imine (C=N–C) groups is 1. The Morgan fingerprint density at radius 3 is 2.84 bits per heavy atom. The molecule has 0 amide bonds. The highest BCUT2D eigenvalue weighted by Gasteiger charge is 2.26. The molecule has 1 aliphatic heterocycles. The van der Waals surface area contributed by atoms with E-state index in [9.17, 15) is 0 Å². The number of benzene rings is 1. The summed E-state index contributed by atoms with van der Waals surface area (Å²) in [6.45, 7) is 2.61. The molecule has 1 aromatic carbocycles. The minimum absolute atomic E-state index is 0.564. The quantitative estimate of drug-likeness (QED) is 0.590. The first-order valence-corrected chi connectivity index (χ1v) is 8.64. The van der Waals surface area contributed by atoms with Gasteiger partial charge in [-0.15, -0.1) is 10.2 Å². The van der Waals surface area contributed by atoms with E-state index in [-0.39, 0.29) is 0 Å². The van der Waals surface area contributed by atoms with Crippen LogP contribution >= 0.6 is 0 Å². The predicted octanol–water partition coefficient (Wildman–Crippen LogP) is 2.29. The lowest BCUT2D eigenvalue weighted by molar-refractivity contribution is 0.484. The van der Waals surface area contributed by atoms with E-state index in [4.69, 9.17) is 0 Å². The van der Waals surface area contributed by atoms with Crippen LogP contribution in [0.25, 0.3) is 5.65 Å². The molecule has 3 aromatic rings. The highest BCUT2D eigenvalue weighted by atomic mass is 15.3. The molecular formula is C19H22N6. The third kappa shape index (κ3) is 3.20. The summed E-state index contributed by atoms with van der Waals surface area (Å²) < 4.78 is 2.00. The maximum Gasteiger partial charge on any atom is 0.194 e. The van der Waals surface area contributed by atoms with Gasteiger partial charge in [-0.25, -0.2) is 0 Å². The zero-order valence-corrected chi connectivity index (χ0v) is 14.3. The summed E-state index contributed by atoms with van der Waals surface area (Å²) in [6.07, 6.45) is 3.13. The van der Waals surface area contributed by atoms with Crippen LogP contribution in [0.3, 0.4) is 0 Å². The Bertz CT molecular complexity index is 870. The average Bonchev–Trinajstić information content (AvgIpc) is 3.31. The van der Waals surface area contributed by atoms with Crippen LogP contribution in [0.2, 0.25) is 0 Å². The Kier molecular flexibility index (Phi) is 4.33. The molecule has 1 atom stereocenters. The molecular weight excluding hydrogens is 312 g/mol. The summed E-state index contributed by atoms with van der Waals surface area (Å²) in [6, 6.07) is 16.6. The van der Waals surface area contributed by atoms with Gasteiger partial charge in [0.15, 0.2) is 17.4 Å². The molecule has 1 saturated heterocycles. The molecule has 25 heavy (non-hydrogen) atoms.